The Morgan fingerprint density at radius 3 is 2.73 bits per heavy atom. The molecule has 2 amide bonds. The second-order valence-electron chi connectivity index (χ2n) is 9.40. The molecule has 2 aliphatic rings. The van der Waals surface area contributed by atoms with Crippen molar-refractivity contribution in [2.75, 3.05) is 36.6 Å². The number of aliphatic hydroxyl groups is 1. The first-order valence-corrected chi connectivity index (χ1v) is 12.3. The van der Waals surface area contributed by atoms with Crippen molar-refractivity contribution >= 4 is 34.5 Å². The molecular weight excluding hydrogens is 489 g/mol. The number of amides is 2. The van der Waals surface area contributed by atoms with E-state index < -0.39 is 17.6 Å². The highest BCUT2D eigenvalue weighted by molar-refractivity contribution is 6.04. The molecule has 2 fully saturated rings. The molecule has 1 aliphatic carbocycles. The smallest absolute Gasteiger partial charge is 0.396 e. The van der Waals surface area contributed by atoms with Crippen LogP contribution in [-0.2, 0) is 15.7 Å². The number of nitrogens with zero attached hydrogens (tertiary/aromatic N) is 3. The van der Waals surface area contributed by atoms with Crippen molar-refractivity contribution in [2.24, 2.45) is 5.92 Å². The van der Waals surface area contributed by atoms with E-state index in [1.807, 2.05) is 10.6 Å². The van der Waals surface area contributed by atoms with Crippen molar-refractivity contribution in [1.82, 2.24) is 9.55 Å². The monoisotopic (exact) mass is 516 g/mol. The predicted octanol–water partition coefficient (Wildman–Crippen LogP) is 4.39. The number of alkyl halides is 3. The van der Waals surface area contributed by atoms with E-state index >= 15 is 0 Å². The van der Waals surface area contributed by atoms with Crippen LogP contribution in [0.4, 0.5) is 24.8 Å². The van der Waals surface area contributed by atoms with Crippen LogP contribution in [0.25, 0.3) is 11.0 Å². The number of carbonyl (C=O) groups is 2. The summed E-state index contributed by atoms with van der Waals surface area (Å²) in [7, 11) is 0. The summed E-state index contributed by atoms with van der Waals surface area (Å²) in [5, 5.41) is 12.8. The zero-order chi connectivity index (χ0) is 26.2. The van der Waals surface area contributed by atoms with Gasteiger partial charge in [0.2, 0.25) is 5.95 Å². The maximum Gasteiger partial charge on any atom is 0.416 e. The fourth-order valence-electron chi connectivity index (χ4n) is 5.22. The average Bonchev–Trinajstić information content (AvgIpc) is 3.25. The maximum atomic E-state index is 13.2. The lowest BCUT2D eigenvalue weighted by molar-refractivity contribution is -0.137. The number of imidazole rings is 1. The summed E-state index contributed by atoms with van der Waals surface area (Å²) in [5.41, 5.74) is 0.813. The highest BCUT2D eigenvalue weighted by Gasteiger charge is 2.32. The fraction of sp³-hybridized carbons (Fsp3) is 0.423. The van der Waals surface area contributed by atoms with E-state index in [9.17, 15) is 27.9 Å². The number of fused-ring (bicyclic) bond motifs is 1. The van der Waals surface area contributed by atoms with Crippen molar-refractivity contribution in [3.8, 4) is 0 Å². The van der Waals surface area contributed by atoms with Crippen LogP contribution >= 0.6 is 0 Å². The van der Waals surface area contributed by atoms with Crippen LogP contribution in [0.3, 0.4) is 0 Å². The van der Waals surface area contributed by atoms with Gasteiger partial charge in [0.25, 0.3) is 11.8 Å². The van der Waals surface area contributed by atoms with Crippen LogP contribution in [0.2, 0.25) is 0 Å². The zero-order valence-corrected chi connectivity index (χ0v) is 20.0. The molecule has 2 atom stereocenters. The number of nitrogens with one attached hydrogen (secondary N) is 1. The summed E-state index contributed by atoms with van der Waals surface area (Å²) >= 11 is 0. The second kappa shape index (κ2) is 10.1. The molecule has 2 aromatic carbocycles. The summed E-state index contributed by atoms with van der Waals surface area (Å²) in [6, 6.07) is 9.45. The molecule has 2 N–H and O–H groups in total. The van der Waals surface area contributed by atoms with E-state index in [4.69, 9.17) is 4.74 Å². The molecule has 8 nitrogen and oxygen atoms in total. The van der Waals surface area contributed by atoms with E-state index in [1.165, 1.54) is 12.1 Å². The number of hydrogen-bond donors (Lipinski definition) is 2. The molecule has 0 bridgehead atoms. The molecule has 0 radical (unpaired) electrons. The summed E-state index contributed by atoms with van der Waals surface area (Å²) in [4.78, 5) is 31.7. The Morgan fingerprint density at radius 1 is 1.16 bits per heavy atom. The molecule has 2 heterocycles. The van der Waals surface area contributed by atoms with E-state index in [1.54, 1.807) is 17.0 Å². The lowest BCUT2D eigenvalue weighted by Crippen LogP contribution is -2.41. The number of ether oxygens (including phenoxy) is 1. The van der Waals surface area contributed by atoms with Crippen LogP contribution in [0.5, 0.6) is 0 Å². The van der Waals surface area contributed by atoms with Gasteiger partial charge in [0, 0.05) is 36.4 Å². The molecular formula is C26H27F3N4O4. The summed E-state index contributed by atoms with van der Waals surface area (Å²) in [6.07, 6.45) is -1.10. The minimum atomic E-state index is -4.58. The van der Waals surface area contributed by atoms with Gasteiger partial charge in [-0.15, -0.1) is 0 Å². The van der Waals surface area contributed by atoms with Gasteiger partial charge < -0.3 is 19.3 Å². The second-order valence-corrected chi connectivity index (χ2v) is 9.40. The number of morpholine rings is 1. The molecule has 1 unspecified atom stereocenters. The number of carbonyl (C=O) groups excluding carboxylic acids is 2. The van der Waals surface area contributed by atoms with Gasteiger partial charge in [-0.2, -0.15) is 13.2 Å². The highest BCUT2D eigenvalue weighted by Crippen LogP contribution is 2.39. The quantitative estimate of drug-likeness (QED) is 0.524. The number of aliphatic hydroxyl groups excluding tert-OH is 1. The predicted molar refractivity (Wildman–Crippen MR) is 130 cm³/mol. The highest BCUT2D eigenvalue weighted by atomic mass is 19.4. The van der Waals surface area contributed by atoms with E-state index in [-0.39, 0.29) is 42.6 Å². The first kappa shape index (κ1) is 25.2. The van der Waals surface area contributed by atoms with Crippen molar-refractivity contribution in [3.05, 3.63) is 53.6 Å². The van der Waals surface area contributed by atoms with Crippen LogP contribution in [0.1, 0.15) is 47.6 Å². The normalized spacial score (nSPS) is 20.9. The molecule has 0 spiro atoms. The van der Waals surface area contributed by atoms with E-state index in [0.717, 1.165) is 37.8 Å². The van der Waals surface area contributed by atoms with Gasteiger partial charge in [0.05, 0.1) is 23.2 Å². The van der Waals surface area contributed by atoms with Crippen molar-refractivity contribution in [1.29, 1.82) is 0 Å². The van der Waals surface area contributed by atoms with Gasteiger partial charge in [-0.1, -0.05) is 18.9 Å². The lowest BCUT2D eigenvalue weighted by Gasteiger charge is -2.32. The van der Waals surface area contributed by atoms with Crippen molar-refractivity contribution in [2.45, 2.75) is 37.9 Å². The minimum Gasteiger partial charge on any atom is -0.396 e. The Hall–Kier alpha value is -3.44. The third kappa shape index (κ3) is 5.05. The van der Waals surface area contributed by atoms with Gasteiger partial charge in [-0.25, -0.2) is 4.98 Å². The molecule has 196 valence electrons. The van der Waals surface area contributed by atoms with Crippen LogP contribution in [-0.4, -0.2) is 52.8 Å². The van der Waals surface area contributed by atoms with Crippen LogP contribution in [0, 0.1) is 5.92 Å². The van der Waals surface area contributed by atoms with Crippen molar-refractivity contribution < 1.29 is 32.6 Å². The summed E-state index contributed by atoms with van der Waals surface area (Å²) in [5.74, 6) is -0.762. The fourth-order valence-corrected chi connectivity index (χ4v) is 5.22. The number of anilines is 2. The third-order valence-corrected chi connectivity index (χ3v) is 7.08. The summed E-state index contributed by atoms with van der Waals surface area (Å²) in [6.45, 7) is 0.771. The molecule has 3 aromatic rings. The largest absolute Gasteiger partial charge is 0.416 e. The molecule has 1 saturated heterocycles. The molecule has 1 saturated carbocycles. The standard InChI is InChI=1S/C26H27F3N4O4/c27-26(28,29)18-6-3-5-16(12-18)24(36)31-25-30-20-13-19(32-10-11-37-15-23(32)35)8-9-22(20)33(25)21-7-2-1-4-17(21)14-34/h3,5-6,8-9,12-13,17,21,34H,1-2,4,7,10-11,14-15H2,(H,30,31,36)/t17-,21?/m0/s1. The van der Waals surface area contributed by atoms with Gasteiger partial charge in [-0.05, 0) is 49.2 Å². The maximum absolute atomic E-state index is 13.2. The van der Waals surface area contributed by atoms with Crippen molar-refractivity contribution in [3.63, 3.8) is 0 Å². The zero-order valence-electron chi connectivity index (χ0n) is 20.0. The van der Waals surface area contributed by atoms with Crippen LogP contribution < -0.4 is 10.2 Å². The first-order valence-electron chi connectivity index (χ1n) is 12.3. The SMILES string of the molecule is O=C(Nc1nc2cc(N3CCOCC3=O)ccc2n1C1CCCC[C@H]1CO)c1cccc(C(F)(F)F)c1. The Morgan fingerprint density at radius 2 is 1.97 bits per heavy atom. The minimum absolute atomic E-state index is 0.00890. The molecule has 11 heteroatoms. The topological polar surface area (TPSA) is 96.7 Å². The van der Waals surface area contributed by atoms with Gasteiger partial charge in [0.1, 0.15) is 6.61 Å². The third-order valence-electron chi connectivity index (χ3n) is 7.08. The molecule has 5 rings (SSSR count). The number of rotatable bonds is 5. The Bertz CT molecular complexity index is 1320. The van der Waals surface area contributed by atoms with Gasteiger partial charge >= 0.3 is 6.18 Å². The first-order chi connectivity index (χ1) is 17.8. The van der Waals surface area contributed by atoms with E-state index in [2.05, 4.69) is 10.3 Å². The van der Waals surface area contributed by atoms with Gasteiger partial charge in [-0.3, -0.25) is 14.9 Å². The Labute approximate surface area is 211 Å². The van der Waals surface area contributed by atoms with E-state index in [0.29, 0.717) is 29.9 Å². The number of aromatic nitrogens is 2. The van der Waals surface area contributed by atoms with Crippen LogP contribution in [0.15, 0.2) is 42.5 Å². The molecule has 1 aromatic heterocycles. The molecule has 1 aliphatic heterocycles. The number of hydrogen-bond acceptors (Lipinski definition) is 5. The lowest BCUT2D eigenvalue weighted by atomic mass is 9.84. The Balaban J connectivity index is 1.55. The number of benzene rings is 2. The summed E-state index contributed by atoms with van der Waals surface area (Å²) < 4.78 is 46.7. The Kier molecular flexibility index (Phi) is 6.91. The van der Waals surface area contributed by atoms with Gasteiger partial charge in [0.15, 0.2) is 0 Å². The average molecular weight is 517 g/mol. The molecule has 37 heavy (non-hydrogen) atoms. The number of halogens is 3.